The van der Waals surface area contributed by atoms with Crippen molar-refractivity contribution in [3.63, 3.8) is 0 Å². The number of rotatable bonds is 3. The van der Waals surface area contributed by atoms with Crippen LogP contribution in [0.5, 0.6) is 5.75 Å². The van der Waals surface area contributed by atoms with Crippen LogP contribution in [0.15, 0.2) is 18.2 Å². The van der Waals surface area contributed by atoms with Crippen molar-refractivity contribution in [2.75, 3.05) is 18.6 Å². The Kier molecular flexibility index (Phi) is 3.74. The fourth-order valence-electron chi connectivity index (χ4n) is 2.16. The number of anilines is 1. The summed E-state index contributed by atoms with van der Waals surface area (Å²) in [7, 11) is 1.33. The lowest BCUT2D eigenvalue weighted by Gasteiger charge is -2.33. The van der Waals surface area contributed by atoms with E-state index in [2.05, 4.69) is 4.74 Å². The molecular weight excluding hydrogens is 246 g/mol. The Morgan fingerprint density at radius 1 is 1.42 bits per heavy atom. The highest BCUT2D eigenvalue weighted by Gasteiger charge is 2.32. The third-order valence-electron chi connectivity index (χ3n) is 3.17. The summed E-state index contributed by atoms with van der Waals surface area (Å²) in [4.78, 5) is 25.3. The summed E-state index contributed by atoms with van der Waals surface area (Å²) < 4.78 is 10.3. The molecule has 1 aliphatic rings. The molecule has 0 unspecified atom stereocenters. The van der Waals surface area contributed by atoms with E-state index in [9.17, 15) is 9.59 Å². The standard InChI is InChI=1S/C14H17NO4/c1-4-11-13(16)15(5-2)10-7-6-9(14(17)18-3)8-12(10)19-11/h6-8,11H,4-5H2,1-3H3/t11-/m1/s1. The largest absolute Gasteiger partial charge is 0.478 e. The zero-order valence-electron chi connectivity index (χ0n) is 11.3. The van der Waals surface area contributed by atoms with Crippen molar-refractivity contribution in [3.8, 4) is 5.75 Å². The number of fused-ring (bicyclic) bond motifs is 1. The van der Waals surface area contributed by atoms with Gasteiger partial charge in [0.15, 0.2) is 6.10 Å². The van der Waals surface area contributed by atoms with E-state index in [1.54, 1.807) is 23.1 Å². The first-order valence-corrected chi connectivity index (χ1v) is 6.32. The number of nitrogens with zero attached hydrogens (tertiary/aromatic N) is 1. The summed E-state index contributed by atoms with van der Waals surface area (Å²) in [5, 5.41) is 0. The van der Waals surface area contributed by atoms with Crippen LogP contribution in [-0.2, 0) is 9.53 Å². The molecule has 19 heavy (non-hydrogen) atoms. The fraction of sp³-hybridized carbons (Fsp3) is 0.429. The van der Waals surface area contributed by atoms with E-state index in [0.29, 0.717) is 30.0 Å². The van der Waals surface area contributed by atoms with Gasteiger partial charge in [-0.3, -0.25) is 4.79 Å². The van der Waals surface area contributed by atoms with Gasteiger partial charge in [-0.1, -0.05) is 6.92 Å². The molecule has 5 heteroatoms. The number of benzene rings is 1. The molecule has 1 aromatic carbocycles. The van der Waals surface area contributed by atoms with Crippen LogP contribution in [0.2, 0.25) is 0 Å². The first kappa shape index (κ1) is 13.4. The molecule has 0 saturated carbocycles. The van der Waals surface area contributed by atoms with Gasteiger partial charge < -0.3 is 14.4 Å². The molecule has 102 valence electrons. The predicted molar refractivity (Wildman–Crippen MR) is 70.5 cm³/mol. The second-order valence-electron chi connectivity index (χ2n) is 4.27. The SMILES string of the molecule is CC[C@H]1Oc2cc(C(=O)OC)ccc2N(CC)C1=O. The van der Waals surface area contributed by atoms with E-state index in [1.807, 2.05) is 13.8 Å². The monoisotopic (exact) mass is 263 g/mol. The van der Waals surface area contributed by atoms with Gasteiger partial charge in [0.1, 0.15) is 5.75 Å². The van der Waals surface area contributed by atoms with Crippen molar-refractivity contribution in [2.45, 2.75) is 26.4 Å². The van der Waals surface area contributed by atoms with Gasteiger partial charge >= 0.3 is 5.97 Å². The molecule has 1 aliphatic heterocycles. The molecule has 5 nitrogen and oxygen atoms in total. The zero-order valence-corrected chi connectivity index (χ0v) is 11.3. The van der Waals surface area contributed by atoms with Crippen LogP contribution in [0.25, 0.3) is 0 Å². The van der Waals surface area contributed by atoms with Gasteiger partial charge in [-0.15, -0.1) is 0 Å². The summed E-state index contributed by atoms with van der Waals surface area (Å²) in [6.07, 6.45) is 0.109. The molecule has 0 aliphatic carbocycles. The molecule has 1 amide bonds. The van der Waals surface area contributed by atoms with Gasteiger partial charge in [0.25, 0.3) is 5.91 Å². The summed E-state index contributed by atoms with van der Waals surface area (Å²) in [5.41, 5.74) is 1.12. The molecule has 1 aromatic rings. The Morgan fingerprint density at radius 3 is 2.74 bits per heavy atom. The number of ether oxygens (including phenoxy) is 2. The van der Waals surface area contributed by atoms with E-state index in [4.69, 9.17) is 4.74 Å². The highest BCUT2D eigenvalue weighted by Crippen LogP contribution is 2.35. The minimum absolute atomic E-state index is 0.0386. The zero-order chi connectivity index (χ0) is 14.0. The molecule has 0 saturated heterocycles. The Balaban J connectivity index is 2.44. The number of methoxy groups -OCH3 is 1. The Labute approximate surface area is 112 Å². The van der Waals surface area contributed by atoms with Gasteiger partial charge in [0, 0.05) is 6.54 Å². The first-order chi connectivity index (χ1) is 9.12. The third kappa shape index (κ3) is 2.28. The molecule has 1 heterocycles. The van der Waals surface area contributed by atoms with Crippen LogP contribution >= 0.6 is 0 Å². The van der Waals surface area contributed by atoms with Gasteiger partial charge in [-0.25, -0.2) is 4.79 Å². The van der Waals surface area contributed by atoms with E-state index in [1.165, 1.54) is 7.11 Å². The van der Waals surface area contributed by atoms with Gasteiger partial charge in [-0.05, 0) is 31.5 Å². The predicted octanol–water partition coefficient (Wildman–Crippen LogP) is 2.00. The van der Waals surface area contributed by atoms with Crippen LogP contribution in [-0.4, -0.2) is 31.6 Å². The summed E-state index contributed by atoms with van der Waals surface area (Å²) >= 11 is 0. The van der Waals surface area contributed by atoms with Crippen molar-refractivity contribution >= 4 is 17.6 Å². The van der Waals surface area contributed by atoms with E-state index < -0.39 is 12.1 Å². The molecule has 2 rings (SSSR count). The number of hydrogen-bond donors (Lipinski definition) is 0. The second-order valence-corrected chi connectivity index (χ2v) is 4.27. The molecule has 1 atom stereocenters. The van der Waals surface area contributed by atoms with Gasteiger partial charge in [-0.2, -0.15) is 0 Å². The summed E-state index contributed by atoms with van der Waals surface area (Å²) in [6.45, 7) is 4.38. The van der Waals surface area contributed by atoms with E-state index in [-0.39, 0.29) is 5.91 Å². The molecule has 0 spiro atoms. The quantitative estimate of drug-likeness (QED) is 0.783. The number of amides is 1. The topological polar surface area (TPSA) is 55.8 Å². The maximum Gasteiger partial charge on any atom is 0.337 e. The molecule has 0 bridgehead atoms. The van der Waals surface area contributed by atoms with Crippen molar-refractivity contribution in [1.29, 1.82) is 0 Å². The van der Waals surface area contributed by atoms with E-state index >= 15 is 0 Å². The van der Waals surface area contributed by atoms with Crippen LogP contribution < -0.4 is 9.64 Å². The highest BCUT2D eigenvalue weighted by atomic mass is 16.5. The number of hydrogen-bond acceptors (Lipinski definition) is 4. The normalized spacial score (nSPS) is 17.7. The molecule has 0 N–H and O–H groups in total. The van der Waals surface area contributed by atoms with Crippen LogP contribution in [0.1, 0.15) is 30.6 Å². The number of likely N-dealkylation sites (N-methyl/N-ethyl adjacent to an activating group) is 1. The maximum absolute atomic E-state index is 12.1. The number of carbonyl (C=O) groups is 2. The van der Waals surface area contributed by atoms with Gasteiger partial charge in [0.05, 0.1) is 18.4 Å². The molecule has 0 fully saturated rings. The minimum atomic E-state index is -0.486. The van der Waals surface area contributed by atoms with Crippen LogP contribution in [0, 0.1) is 0 Å². The molecule has 0 aromatic heterocycles. The Morgan fingerprint density at radius 2 is 2.16 bits per heavy atom. The first-order valence-electron chi connectivity index (χ1n) is 6.32. The van der Waals surface area contributed by atoms with Crippen molar-refractivity contribution in [2.24, 2.45) is 0 Å². The average Bonchev–Trinajstić information content (AvgIpc) is 2.45. The lowest BCUT2D eigenvalue weighted by Crippen LogP contribution is -2.45. The summed E-state index contributed by atoms with van der Waals surface area (Å²) in [6, 6.07) is 4.98. The Bertz CT molecular complexity index is 512. The highest BCUT2D eigenvalue weighted by molar-refractivity contribution is 6.01. The van der Waals surface area contributed by atoms with E-state index in [0.717, 1.165) is 0 Å². The van der Waals surface area contributed by atoms with Gasteiger partial charge in [0.2, 0.25) is 0 Å². The third-order valence-corrected chi connectivity index (χ3v) is 3.17. The molecule has 0 radical (unpaired) electrons. The lowest BCUT2D eigenvalue weighted by atomic mass is 10.1. The summed E-state index contributed by atoms with van der Waals surface area (Å²) in [5.74, 6) is 0.0962. The Hall–Kier alpha value is -2.04. The van der Waals surface area contributed by atoms with Crippen molar-refractivity contribution in [3.05, 3.63) is 23.8 Å². The van der Waals surface area contributed by atoms with Crippen molar-refractivity contribution in [1.82, 2.24) is 0 Å². The second kappa shape index (κ2) is 5.30. The smallest absolute Gasteiger partial charge is 0.337 e. The number of esters is 1. The molecular formula is C14H17NO4. The lowest BCUT2D eigenvalue weighted by molar-refractivity contribution is -0.126. The minimum Gasteiger partial charge on any atom is -0.478 e. The van der Waals surface area contributed by atoms with Crippen LogP contribution in [0.4, 0.5) is 5.69 Å². The number of carbonyl (C=O) groups excluding carboxylic acids is 2. The fourth-order valence-corrected chi connectivity index (χ4v) is 2.16. The maximum atomic E-state index is 12.1. The average molecular weight is 263 g/mol. The van der Waals surface area contributed by atoms with Crippen molar-refractivity contribution < 1.29 is 19.1 Å². The van der Waals surface area contributed by atoms with Crippen LogP contribution in [0.3, 0.4) is 0 Å².